The summed E-state index contributed by atoms with van der Waals surface area (Å²) in [5.74, 6) is 0. The van der Waals surface area contributed by atoms with Crippen LogP contribution in [0, 0.1) is 6.92 Å². The standard InChI is InChI=1S/C14H10N4S2/c1-8-6-16-14(20-8)10-3-2-9(13-15-4-5-19-13)11-12(10)18-7-17-11/h2-6H,7H2,1H3/i5D. The van der Waals surface area contributed by atoms with E-state index in [0.717, 1.165) is 31.9 Å². The molecule has 3 aromatic rings. The Morgan fingerprint density at radius 3 is 2.45 bits per heavy atom. The van der Waals surface area contributed by atoms with E-state index in [-0.39, 0.29) is 0 Å². The van der Waals surface area contributed by atoms with Gasteiger partial charge in [-0.25, -0.2) is 9.97 Å². The Bertz CT molecular complexity index is 881. The van der Waals surface area contributed by atoms with Gasteiger partial charge < -0.3 is 0 Å². The Morgan fingerprint density at radius 1 is 1.10 bits per heavy atom. The summed E-state index contributed by atoms with van der Waals surface area (Å²) in [7, 11) is 0. The second kappa shape index (κ2) is 4.57. The summed E-state index contributed by atoms with van der Waals surface area (Å²) >= 11 is 3.01. The van der Waals surface area contributed by atoms with Gasteiger partial charge in [0.25, 0.3) is 0 Å². The van der Waals surface area contributed by atoms with E-state index in [0.29, 0.717) is 12.0 Å². The molecule has 1 aliphatic rings. The molecule has 0 aliphatic carbocycles. The zero-order valence-corrected chi connectivity index (χ0v) is 12.3. The molecular weight excluding hydrogens is 288 g/mol. The predicted octanol–water partition coefficient (Wildman–Crippen LogP) is 2.45. The van der Waals surface area contributed by atoms with Crippen LogP contribution in [-0.4, -0.2) is 16.6 Å². The summed E-state index contributed by atoms with van der Waals surface area (Å²) < 4.78 is 7.64. The maximum atomic E-state index is 7.64. The zero-order valence-electron chi connectivity index (χ0n) is 11.6. The Kier molecular flexibility index (Phi) is 2.47. The van der Waals surface area contributed by atoms with Gasteiger partial charge in [-0.1, -0.05) is 0 Å². The van der Waals surface area contributed by atoms with Crippen LogP contribution in [0.15, 0.2) is 39.9 Å². The maximum absolute atomic E-state index is 7.64. The third kappa shape index (κ3) is 1.80. The van der Waals surface area contributed by atoms with E-state index in [1.165, 1.54) is 16.2 Å². The van der Waals surface area contributed by atoms with E-state index in [1.54, 1.807) is 17.5 Å². The number of aryl methyl sites for hydroxylation is 1. The monoisotopic (exact) mass is 299 g/mol. The molecule has 0 fully saturated rings. The number of rotatable bonds is 2. The van der Waals surface area contributed by atoms with Crippen molar-refractivity contribution in [1.82, 2.24) is 9.97 Å². The molecule has 3 heterocycles. The molecule has 20 heavy (non-hydrogen) atoms. The SMILES string of the molecule is [2H]c1cnc(-c2ccc(-c3ncc(C)s3)c3c2=NCN=3)s1. The molecule has 1 aliphatic heterocycles. The number of benzene rings is 1. The van der Waals surface area contributed by atoms with Gasteiger partial charge in [0.1, 0.15) is 16.7 Å². The number of aromatic nitrogens is 2. The van der Waals surface area contributed by atoms with Crippen molar-refractivity contribution in [3.63, 3.8) is 0 Å². The average molecular weight is 299 g/mol. The van der Waals surface area contributed by atoms with Gasteiger partial charge in [0.05, 0.1) is 12.1 Å². The number of hydrogen-bond donors (Lipinski definition) is 0. The van der Waals surface area contributed by atoms with Gasteiger partial charge >= 0.3 is 0 Å². The van der Waals surface area contributed by atoms with E-state index in [4.69, 9.17) is 1.37 Å². The van der Waals surface area contributed by atoms with E-state index in [2.05, 4.69) is 20.0 Å². The first-order valence-electron chi connectivity index (χ1n) is 6.60. The van der Waals surface area contributed by atoms with Gasteiger partial charge in [-0.05, 0) is 19.1 Å². The number of fused-ring (bicyclic) bond motifs is 1. The molecule has 0 radical (unpaired) electrons. The van der Waals surface area contributed by atoms with Crippen molar-refractivity contribution >= 4 is 22.7 Å². The second-order valence-electron chi connectivity index (χ2n) is 4.37. The molecule has 0 N–H and O–H groups in total. The topological polar surface area (TPSA) is 50.5 Å². The summed E-state index contributed by atoms with van der Waals surface area (Å²) in [6.07, 6.45) is 3.44. The first-order chi connectivity index (χ1) is 10.2. The second-order valence-corrected chi connectivity index (χ2v) is 6.44. The number of hydrogen-bond acceptors (Lipinski definition) is 6. The van der Waals surface area contributed by atoms with Gasteiger partial charge in [0.15, 0.2) is 0 Å². The lowest BCUT2D eigenvalue weighted by Gasteiger charge is -2.00. The summed E-state index contributed by atoms with van der Waals surface area (Å²) in [6, 6.07) is 4.04. The highest BCUT2D eigenvalue weighted by Crippen LogP contribution is 2.24. The van der Waals surface area contributed by atoms with Crippen LogP contribution in [0.3, 0.4) is 0 Å². The molecule has 98 valence electrons. The summed E-state index contributed by atoms with van der Waals surface area (Å²) in [4.78, 5) is 18.9. The van der Waals surface area contributed by atoms with Crippen LogP contribution in [0.25, 0.3) is 21.1 Å². The fourth-order valence-corrected chi connectivity index (χ4v) is 3.61. The van der Waals surface area contributed by atoms with Crippen LogP contribution in [0.4, 0.5) is 0 Å². The van der Waals surface area contributed by atoms with E-state index < -0.39 is 0 Å². The Morgan fingerprint density at radius 2 is 1.85 bits per heavy atom. The minimum absolute atomic E-state index is 0.447. The van der Waals surface area contributed by atoms with Gasteiger partial charge in [-0.3, -0.25) is 9.98 Å². The highest BCUT2D eigenvalue weighted by Gasteiger charge is 2.14. The van der Waals surface area contributed by atoms with Gasteiger partial charge in [0, 0.05) is 33.8 Å². The van der Waals surface area contributed by atoms with Crippen molar-refractivity contribution in [2.24, 2.45) is 9.98 Å². The lowest BCUT2D eigenvalue weighted by atomic mass is 10.1. The molecular formula is C14H10N4S2. The lowest BCUT2D eigenvalue weighted by Crippen LogP contribution is -2.26. The Balaban J connectivity index is 1.96. The Labute approximate surface area is 124 Å². The smallest absolute Gasteiger partial charge is 0.130 e. The van der Waals surface area contributed by atoms with Crippen LogP contribution < -0.4 is 10.7 Å². The fourth-order valence-electron chi connectivity index (χ4n) is 2.22. The molecule has 6 heteroatoms. The summed E-state index contributed by atoms with van der Waals surface area (Å²) in [5, 5.41) is 4.00. The number of nitrogens with zero attached hydrogens (tertiary/aromatic N) is 4. The fraction of sp³-hybridized carbons (Fsp3) is 0.143. The maximum Gasteiger partial charge on any atom is 0.130 e. The number of thiazole rings is 2. The van der Waals surface area contributed by atoms with Gasteiger partial charge in [-0.2, -0.15) is 0 Å². The minimum Gasteiger partial charge on any atom is -0.259 e. The molecule has 0 bridgehead atoms. The summed E-state index contributed by atoms with van der Waals surface area (Å²) in [6.45, 7) is 2.49. The molecule has 1 aromatic carbocycles. The van der Waals surface area contributed by atoms with Gasteiger partial charge in [-0.15, -0.1) is 22.7 Å². The van der Waals surface area contributed by atoms with Crippen LogP contribution >= 0.6 is 22.7 Å². The highest BCUT2D eigenvalue weighted by atomic mass is 32.1. The minimum atomic E-state index is 0.447. The van der Waals surface area contributed by atoms with Crippen LogP contribution in [0.5, 0.6) is 0 Å². The van der Waals surface area contributed by atoms with Crippen LogP contribution in [0.1, 0.15) is 6.25 Å². The first kappa shape index (κ1) is 10.8. The molecule has 0 spiro atoms. The molecule has 0 saturated heterocycles. The van der Waals surface area contributed by atoms with Gasteiger partial charge in [0.2, 0.25) is 0 Å². The van der Waals surface area contributed by atoms with E-state index in [9.17, 15) is 0 Å². The molecule has 0 amide bonds. The normalized spacial score (nSPS) is 13.6. The third-order valence-corrected chi connectivity index (χ3v) is 4.77. The third-order valence-electron chi connectivity index (χ3n) is 3.08. The Hall–Kier alpha value is -1.92. The van der Waals surface area contributed by atoms with Crippen molar-refractivity contribution in [1.29, 1.82) is 0 Å². The average Bonchev–Trinajstić information content (AvgIpc) is 3.18. The molecule has 0 saturated carbocycles. The van der Waals surface area contributed by atoms with Crippen molar-refractivity contribution in [2.45, 2.75) is 6.92 Å². The highest BCUT2D eigenvalue weighted by molar-refractivity contribution is 7.15. The van der Waals surface area contributed by atoms with E-state index >= 15 is 0 Å². The summed E-state index contributed by atoms with van der Waals surface area (Å²) in [5.41, 5.74) is 1.97. The predicted molar refractivity (Wildman–Crippen MR) is 80.6 cm³/mol. The molecule has 4 rings (SSSR count). The van der Waals surface area contributed by atoms with Crippen molar-refractivity contribution in [3.05, 3.63) is 45.5 Å². The first-order valence-corrected chi connectivity index (χ1v) is 7.73. The van der Waals surface area contributed by atoms with Crippen molar-refractivity contribution < 1.29 is 1.37 Å². The van der Waals surface area contributed by atoms with Crippen molar-refractivity contribution in [3.8, 4) is 21.1 Å². The molecule has 0 atom stereocenters. The molecule has 4 nitrogen and oxygen atoms in total. The lowest BCUT2D eigenvalue weighted by molar-refractivity contribution is 1.06. The molecule has 0 unspecified atom stereocenters. The van der Waals surface area contributed by atoms with Crippen molar-refractivity contribution in [2.75, 3.05) is 6.67 Å². The zero-order chi connectivity index (χ0) is 14.4. The van der Waals surface area contributed by atoms with Crippen LogP contribution in [0.2, 0.25) is 0 Å². The largest absolute Gasteiger partial charge is 0.259 e. The molecule has 2 aromatic heterocycles. The van der Waals surface area contributed by atoms with E-state index in [1.807, 2.05) is 25.3 Å². The van der Waals surface area contributed by atoms with Crippen LogP contribution in [-0.2, 0) is 0 Å². The quantitative estimate of drug-likeness (QED) is 0.730.